The van der Waals surface area contributed by atoms with Gasteiger partial charge in [-0.25, -0.2) is 4.79 Å². The number of methoxy groups -OCH3 is 1. The van der Waals surface area contributed by atoms with Crippen molar-refractivity contribution in [3.8, 4) is 16.2 Å². The molecule has 206 valence electrons. The Labute approximate surface area is 234 Å². The summed E-state index contributed by atoms with van der Waals surface area (Å²) in [6.45, 7) is 0. The molecule has 1 fully saturated rings. The Bertz CT molecular complexity index is 1680. The van der Waals surface area contributed by atoms with Crippen LogP contribution in [0.3, 0.4) is 0 Å². The second-order valence-corrected chi connectivity index (χ2v) is 11.6. The predicted molar refractivity (Wildman–Crippen MR) is 153 cm³/mol. The highest BCUT2D eigenvalue weighted by Gasteiger charge is 2.31. The third-order valence-electron chi connectivity index (χ3n) is 7.73. The van der Waals surface area contributed by atoms with E-state index in [1.165, 1.54) is 11.1 Å². The van der Waals surface area contributed by atoms with Crippen molar-refractivity contribution in [2.75, 3.05) is 7.11 Å². The molecule has 40 heavy (non-hydrogen) atoms. The summed E-state index contributed by atoms with van der Waals surface area (Å²) >= 11 is 1.66. The molecule has 4 N–H and O–H groups in total. The number of aromatic carboxylic acids is 1. The van der Waals surface area contributed by atoms with Crippen molar-refractivity contribution >= 4 is 34.1 Å². The van der Waals surface area contributed by atoms with Gasteiger partial charge in [0.2, 0.25) is 11.3 Å². The smallest absolute Gasteiger partial charge is 0.341 e. The Morgan fingerprint density at radius 1 is 1.27 bits per heavy atom. The molecular weight excluding hydrogens is 528 g/mol. The molecule has 1 saturated carbocycles. The van der Waals surface area contributed by atoms with Gasteiger partial charge in [-0.3, -0.25) is 14.6 Å². The Balaban J connectivity index is 1.35. The van der Waals surface area contributed by atoms with Gasteiger partial charge in [0, 0.05) is 40.0 Å². The molecule has 6 rings (SSSR count). The maximum absolute atomic E-state index is 13.1. The first-order valence-corrected chi connectivity index (χ1v) is 14.2. The zero-order chi connectivity index (χ0) is 28.0. The van der Waals surface area contributed by atoms with E-state index in [4.69, 9.17) is 10.5 Å². The maximum atomic E-state index is 13.1. The van der Waals surface area contributed by atoms with Crippen LogP contribution >= 0.6 is 11.3 Å². The molecule has 0 saturated heterocycles. The molecule has 2 atom stereocenters. The molecule has 0 spiro atoms. The Kier molecular flexibility index (Phi) is 6.89. The van der Waals surface area contributed by atoms with Crippen molar-refractivity contribution in [2.24, 2.45) is 5.73 Å². The summed E-state index contributed by atoms with van der Waals surface area (Å²) < 4.78 is 7.80. The summed E-state index contributed by atoms with van der Waals surface area (Å²) in [5, 5.41) is 13.1. The number of rotatable bonds is 8. The van der Waals surface area contributed by atoms with Gasteiger partial charge in [-0.1, -0.05) is 6.07 Å². The number of hydrogen-bond donors (Lipinski definition) is 3. The molecule has 4 aromatic rings. The van der Waals surface area contributed by atoms with Crippen LogP contribution in [0, 0.1) is 0 Å². The van der Waals surface area contributed by atoms with Crippen LogP contribution in [0.15, 0.2) is 53.7 Å². The summed E-state index contributed by atoms with van der Waals surface area (Å²) in [5.74, 6) is -0.875. The molecule has 0 aliphatic heterocycles. The molecule has 9 nitrogen and oxygen atoms in total. The van der Waals surface area contributed by atoms with Crippen LogP contribution in [0.5, 0.6) is 5.75 Å². The standard InChI is InChI=1S/C30H30N4O5S/c1-39-28-18(9-10-19-26(28)34(17-7-8-17)15-21(27(19)35)30(37)38)25-13-20-23(5-2-6-24(20)40-25)33-29(36)22(31)12-16-4-3-11-32-14-16/h3-4,9-11,13-15,17,22-23H,2,5-8,12,31H2,1H3,(H,33,36)(H,37,38)/t22-,23?/m1/s1. The molecule has 2 aliphatic carbocycles. The normalized spacial score (nSPS) is 17.3. The third-order valence-corrected chi connectivity index (χ3v) is 8.98. The van der Waals surface area contributed by atoms with Gasteiger partial charge >= 0.3 is 5.97 Å². The fourth-order valence-corrected chi connectivity index (χ4v) is 6.88. The first-order chi connectivity index (χ1) is 19.4. The minimum absolute atomic E-state index is 0.136. The lowest BCUT2D eigenvalue weighted by atomic mass is 9.92. The van der Waals surface area contributed by atoms with E-state index in [2.05, 4.69) is 16.4 Å². The average molecular weight is 559 g/mol. The fourth-order valence-electron chi connectivity index (χ4n) is 5.59. The maximum Gasteiger partial charge on any atom is 0.341 e. The number of carbonyl (C=O) groups is 2. The van der Waals surface area contributed by atoms with Gasteiger partial charge in [-0.15, -0.1) is 11.3 Å². The van der Waals surface area contributed by atoms with Gasteiger partial charge in [0.1, 0.15) is 5.56 Å². The van der Waals surface area contributed by atoms with E-state index < -0.39 is 17.4 Å². The first-order valence-electron chi connectivity index (χ1n) is 13.4. The van der Waals surface area contributed by atoms with Crippen LogP contribution in [-0.2, 0) is 17.6 Å². The zero-order valence-corrected chi connectivity index (χ0v) is 22.9. The zero-order valence-electron chi connectivity index (χ0n) is 22.1. The molecule has 3 heterocycles. The molecule has 1 aromatic carbocycles. The summed E-state index contributed by atoms with van der Waals surface area (Å²) in [6.07, 6.45) is 9.80. The van der Waals surface area contributed by atoms with Crippen LogP contribution in [-0.4, -0.2) is 39.7 Å². The highest BCUT2D eigenvalue weighted by atomic mass is 32.1. The van der Waals surface area contributed by atoms with Crippen molar-refractivity contribution < 1.29 is 19.4 Å². The summed E-state index contributed by atoms with van der Waals surface area (Å²) in [4.78, 5) is 44.1. The number of pyridine rings is 2. The SMILES string of the molecule is COc1c(-c2cc3c(s2)CCCC3NC(=O)[C@H](N)Cc2cccnc2)ccc2c(=O)c(C(=O)O)cn(C3CC3)c12. The minimum Gasteiger partial charge on any atom is -0.494 e. The predicted octanol–water partition coefficient (Wildman–Crippen LogP) is 4.23. The number of carbonyl (C=O) groups excluding carboxylic acids is 1. The molecule has 2 aliphatic rings. The van der Waals surface area contributed by atoms with Crippen molar-refractivity contribution in [1.82, 2.24) is 14.9 Å². The van der Waals surface area contributed by atoms with E-state index in [0.717, 1.165) is 53.7 Å². The number of ether oxygens (including phenoxy) is 1. The monoisotopic (exact) mass is 558 g/mol. The van der Waals surface area contributed by atoms with Crippen LogP contribution in [0.2, 0.25) is 0 Å². The third kappa shape index (κ3) is 4.77. The van der Waals surface area contributed by atoms with E-state index in [1.807, 2.05) is 22.8 Å². The number of aryl methyl sites for hydroxylation is 1. The molecule has 10 heteroatoms. The molecule has 1 unspecified atom stereocenters. The van der Waals surface area contributed by atoms with Crippen molar-refractivity contribution in [3.63, 3.8) is 0 Å². The molecular formula is C30H30N4O5S. The Hall–Kier alpha value is -4.02. The largest absolute Gasteiger partial charge is 0.494 e. The van der Waals surface area contributed by atoms with Gasteiger partial charge < -0.3 is 25.5 Å². The number of benzene rings is 1. The highest BCUT2D eigenvalue weighted by molar-refractivity contribution is 7.15. The van der Waals surface area contributed by atoms with Crippen LogP contribution < -0.4 is 21.2 Å². The summed E-state index contributed by atoms with van der Waals surface area (Å²) in [5.41, 5.74) is 8.94. The van der Waals surface area contributed by atoms with E-state index in [9.17, 15) is 19.5 Å². The van der Waals surface area contributed by atoms with Gasteiger partial charge in [0.05, 0.1) is 30.1 Å². The van der Waals surface area contributed by atoms with Gasteiger partial charge in [0.15, 0.2) is 5.75 Å². The summed E-state index contributed by atoms with van der Waals surface area (Å²) in [7, 11) is 1.57. The van der Waals surface area contributed by atoms with Crippen molar-refractivity contribution in [2.45, 2.75) is 56.7 Å². The molecule has 1 amide bonds. The second kappa shape index (κ2) is 10.5. The lowest BCUT2D eigenvalue weighted by molar-refractivity contribution is -0.123. The van der Waals surface area contributed by atoms with Gasteiger partial charge in [-0.2, -0.15) is 0 Å². The number of aromatic nitrogens is 2. The van der Waals surface area contributed by atoms with E-state index in [-0.39, 0.29) is 23.6 Å². The Morgan fingerprint density at radius 3 is 2.80 bits per heavy atom. The average Bonchev–Trinajstić information content (AvgIpc) is 3.70. The number of thiophene rings is 1. The number of nitrogens with zero attached hydrogens (tertiary/aromatic N) is 2. The van der Waals surface area contributed by atoms with Crippen LogP contribution in [0.4, 0.5) is 0 Å². The number of carboxylic acids is 1. The number of fused-ring (bicyclic) bond motifs is 2. The summed E-state index contributed by atoms with van der Waals surface area (Å²) in [6, 6.07) is 8.70. The number of nitrogens with two attached hydrogens (primary N) is 1. The van der Waals surface area contributed by atoms with Gasteiger partial charge in [-0.05, 0) is 73.9 Å². The minimum atomic E-state index is -1.23. The first kappa shape index (κ1) is 26.2. The molecule has 0 bridgehead atoms. The number of amides is 1. The lowest BCUT2D eigenvalue weighted by Gasteiger charge is -2.25. The highest BCUT2D eigenvalue weighted by Crippen LogP contribution is 2.46. The Morgan fingerprint density at radius 2 is 2.10 bits per heavy atom. The fraction of sp³-hybridized carbons (Fsp3) is 0.333. The van der Waals surface area contributed by atoms with Crippen LogP contribution in [0.25, 0.3) is 21.3 Å². The second-order valence-electron chi connectivity index (χ2n) is 10.5. The van der Waals surface area contributed by atoms with E-state index in [1.54, 1.807) is 36.9 Å². The van der Waals surface area contributed by atoms with Crippen molar-refractivity contribution in [1.29, 1.82) is 0 Å². The lowest BCUT2D eigenvalue weighted by Crippen LogP contribution is -2.44. The topological polar surface area (TPSA) is 137 Å². The van der Waals surface area contributed by atoms with E-state index >= 15 is 0 Å². The molecule has 0 radical (unpaired) electrons. The molecule has 3 aromatic heterocycles. The number of nitrogens with one attached hydrogen (secondary N) is 1. The van der Waals surface area contributed by atoms with Gasteiger partial charge in [0.25, 0.3) is 0 Å². The quantitative estimate of drug-likeness (QED) is 0.294. The number of hydrogen-bond acceptors (Lipinski definition) is 7. The van der Waals surface area contributed by atoms with Crippen LogP contribution in [0.1, 0.15) is 64.1 Å². The number of carboxylic acid groups (broad SMARTS) is 1. The van der Waals surface area contributed by atoms with E-state index in [0.29, 0.717) is 23.1 Å². The van der Waals surface area contributed by atoms with Crippen molar-refractivity contribution in [3.05, 3.63) is 80.7 Å².